The molecule has 0 saturated carbocycles. The Morgan fingerprint density at radius 3 is 2.59 bits per heavy atom. The standard InChI is InChI=1S/C23H25N5O3S/c24-12-22-17(3-1-2-15-4-6-20-16(10-15)8-9-26-23(20)29)11-18(13-27-22)21-7-5-19(14-28-21)32(25,30)31/h4-7,10-11,13-14H,1-3,8-9,12,24H2,(H,26,29)(H2,25,30,31). The second kappa shape index (κ2) is 9.15. The Kier molecular flexibility index (Phi) is 6.31. The van der Waals surface area contributed by atoms with Gasteiger partial charge in [0, 0.05) is 36.6 Å². The van der Waals surface area contributed by atoms with Crippen LogP contribution in [0.25, 0.3) is 11.3 Å². The van der Waals surface area contributed by atoms with Crippen molar-refractivity contribution in [2.45, 2.75) is 37.1 Å². The first-order valence-electron chi connectivity index (χ1n) is 10.4. The molecular formula is C23H25N5O3S. The van der Waals surface area contributed by atoms with Crippen molar-refractivity contribution in [2.75, 3.05) is 6.54 Å². The maximum absolute atomic E-state index is 11.9. The lowest BCUT2D eigenvalue weighted by Crippen LogP contribution is -2.31. The molecule has 0 aliphatic carbocycles. The van der Waals surface area contributed by atoms with E-state index in [1.165, 1.54) is 17.8 Å². The molecule has 1 amide bonds. The van der Waals surface area contributed by atoms with Crippen LogP contribution in [0, 0.1) is 0 Å². The van der Waals surface area contributed by atoms with Gasteiger partial charge in [-0.3, -0.25) is 14.8 Å². The maximum atomic E-state index is 11.9. The number of fused-ring (bicyclic) bond motifs is 1. The van der Waals surface area contributed by atoms with E-state index in [4.69, 9.17) is 10.9 Å². The van der Waals surface area contributed by atoms with Crippen molar-refractivity contribution >= 4 is 15.9 Å². The first-order chi connectivity index (χ1) is 15.3. The highest BCUT2D eigenvalue weighted by molar-refractivity contribution is 7.89. The Labute approximate surface area is 187 Å². The third kappa shape index (κ3) is 4.85. The van der Waals surface area contributed by atoms with Crippen LogP contribution in [0.15, 0.2) is 53.7 Å². The lowest BCUT2D eigenvalue weighted by atomic mass is 9.95. The molecule has 0 radical (unpaired) electrons. The molecule has 3 heterocycles. The second-order valence-corrected chi connectivity index (χ2v) is 9.37. The highest BCUT2D eigenvalue weighted by atomic mass is 32.2. The summed E-state index contributed by atoms with van der Waals surface area (Å²) in [6.45, 7) is 1.02. The third-order valence-electron chi connectivity index (χ3n) is 5.62. The fourth-order valence-corrected chi connectivity index (χ4v) is 4.38. The summed E-state index contributed by atoms with van der Waals surface area (Å²) in [6, 6.07) is 11.1. The number of carbonyl (C=O) groups excluding carboxylic acids is 1. The number of pyridine rings is 2. The first kappa shape index (κ1) is 22.1. The van der Waals surface area contributed by atoms with Crippen LogP contribution in [0.5, 0.6) is 0 Å². The zero-order chi connectivity index (χ0) is 22.7. The minimum Gasteiger partial charge on any atom is -0.352 e. The SMILES string of the molecule is NCc1ncc(-c2ccc(S(N)(=O)=O)cn2)cc1CCCc1ccc2c(c1)CCNC2=O. The smallest absolute Gasteiger partial charge is 0.251 e. The topological polar surface area (TPSA) is 141 Å². The summed E-state index contributed by atoms with van der Waals surface area (Å²) in [5.41, 5.74) is 12.2. The Morgan fingerprint density at radius 1 is 1.03 bits per heavy atom. The molecule has 0 atom stereocenters. The van der Waals surface area contributed by atoms with Crippen LogP contribution in [-0.2, 0) is 35.8 Å². The van der Waals surface area contributed by atoms with Crippen LogP contribution in [0.4, 0.5) is 0 Å². The van der Waals surface area contributed by atoms with E-state index in [-0.39, 0.29) is 10.8 Å². The molecule has 1 aliphatic heterocycles. The molecule has 9 heteroatoms. The zero-order valence-corrected chi connectivity index (χ0v) is 18.4. The van der Waals surface area contributed by atoms with Crippen molar-refractivity contribution < 1.29 is 13.2 Å². The predicted octanol–water partition coefficient (Wildman–Crippen LogP) is 1.71. The number of benzene rings is 1. The molecule has 1 aromatic carbocycles. The molecule has 0 fully saturated rings. The molecule has 0 spiro atoms. The average molecular weight is 452 g/mol. The quantitative estimate of drug-likeness (QED) is 0.499. The van der Waals surface area contributed by atoms with Gasteiger partial charge in [-0.2, -0.15) is 0 Å². The summed E-state index contributed by atoms with van der Waals surface area (Å²) in [5.74, 6) is -0.000943. The van der Waals surface area contributed by atoms with E-state index >= 15 is 0 Å². The predicted molar refractivity (Wildman–Crippen MR) is 121 cm³/mol. The molecule has 166 valence electrons. The summed E-state index contributed by atoms with van der Waals surface area (Å²) in [4.78, 5) is 20.6. The van der Waals surface area contributed by atoms with Gasteiger partial charge in [0.25, 0.3) is 5.91 Å². The van der Waals surface area contributed by atoms with Crippen molar-refractivity contribution in [3.63, 3.8) is 0 Å². The van der Waals surface area contributed by atoms with Gasteiger partial charge in [-0.15, -0.1) is 0 Å². The van der Waals surface area contributed by atoms with Crippen molar-refractivity contribution in [1.29, 1.82) is 0 Å². The van der Waals surface area contributed by atoms with Gasteiger partial charge in [0.05, 0.1) is 11.4 Å². The number of aromatic nitrogens is 2. The van der Waals surface area contributed by atoms with E-state index in [0.717, 1.165) is 53.6 Å². The van der Waals surface area contributed by atoms with Gasteiger partial charge in [-0.05, 0) is 66.6 Å². The highest BCUT2D eigenvalue weighted by Crippen LogP contribution is 2.22. The molecule has 4 rings (SSSR count). The number of rotatable bonds is 7. The van der Waals surface area contributed by atoms with E-state index in [0.29, 0.717) is 18.8 Å². The number of primary sulfonamides is 1. The van der Waals surface area contributed by atoms with Crippen LogP contribution < -0.4 is 16.2 Å². The van der Waals surface area contributed by atoms with Gasteiger partial charge in [-0.25, -0.2) is 13.6 Å². The fourth-order valence-electron chi connectivity index (χ4n) is 3.92. The Bertz CT molecular complexity index is 1260. The molecule has 0 saturated heterocycles. The van der Waals surface area contributed by atoms with Crippen LogP contribution in [0.1, 0.15) is 39.2 Å². The van der Waals surface area contributed by atoms with E-state index in [1.807, 2.05) is 18.2 Å². The lowest BCUT2D eigenvalue weighted by Gasteiger charge is -2.17. The van der Waals surface area contributed by atoms with Crippen molar-refractivity contribution in [1.82, 2.24) is 15.3 Å². The number of carbonyl (C=O) groups is 1. The minimum atomic E-state index is -3.78. The van der Waals surface area contributed by atoms with E-state index in [2.05, 4.69) is 21.4 Å². The molecule has 32 heavy (non-hydrogen) atoms. The van der Waals surface area contributed by atoms with Crippen LogP contribution in [0.3, 0.4) is 0 Å². The van der Waals surface area contributed by atoms with E-state index in [9.17, 15) is 13.2 Å². The van der Waals surface area contributed by atoms with Crippen molar-refractivity contribution in [3.8, 4) is 11.3 Å². The summed E-state index contributed by atoms with van der Waals surface area (Å²) in [7, 11) is -3.78. The molecule has 3 aromatic rings. The lowest BCUT2D eigenvalue weighted by molar-refractivity contribution is 0.0946. The van der Waals surface area contributed by atoms with Crippen LogP contribution in [-0.4, -0.2) is 30.8 Å². The van der Waals surface area contributed by atoms with Gasteiger partial charge in [0.15, 0.2) is 0 Å². The molecule has 2 aromatic heterocycles. The van der Waals surface area contributed by atoms with E-state index < -0.39 is 10.0 Å². The Hall–Kier alpha value is -3.14. The Morgan fingerprint density at radius 2 is 1.88 bits per heavy atom. The van der Waals surface area contributed by atoms with Gasteiger partial charge >= 0.3 is 0 Å². The van der Waals surface area contributed by atoms with Crippen molar-refractivity contribution in [2.24, 2.45) is 10.9 Å². The van der Waals surface area contributed by atoms with Gasteiger partial charge in [0.2, 0.25) is 10.0 Å². The average Bonchev–Trinajstić information content (AvgIpc) is 2.78. The van der Waals surface area contributed by atoms with Gasteiger partial charge in [0.1, 0.15) is 4.90 Å². The fraction of sp³-hybridized carbons (Fsp3) is 0.261. The number of nitrogens with one attached hydrogen (secondary N) is 1. The number of nitrogens with zero attached hydrogens (tertiary/aromatic N) is 2. The number of amides is 1. The first-order valence-corrected chi connectivity index (χ1v) is 12.0. The molecular weight excluding hydrogens is 426 g/mol. The summed E-state index contributed by atoms with van der Waals surface area (Å²) in [5, 5.41) is 8.01. The van der Waals surface area contributed by atoms with Gasteiger partial charge < -0.3 is 11.1 Å². The zero-order valence-electron chi connectivity index (χ0n) is 17.5. The summed E-state index contributed by atoms with van der Waals surface area (Å²) in [6.07, 6.45) is 6.37. The molecule has 8 nitrogen and oxygen atoms in total. The number of aryl methyl sites for hydroxylation is 2. The third-order valence-corrected chi connectivity index (χ3v) is 6.52. The van der Waals surface area contributed by atoms with Crippen LogP contribution in [0.2, 0.25) is 0 Å². The van der Waals surface area contributed by atoms with Gasteiger partial charge in [-0.1, -0.05) is 12.1 Å². The largest absolute Gasteiger partial charge is 0.352 e. The Balaban J connectivity index is 1.48. The van der Waals surface area contributed by atoms with E-state index in [1.54, 1.807) is 12.3 Å². The molecule has 5 N–H and O–H groups in total. The molecule has 0 unspecified atom stereocenters. The minimum absolute atomic E-state index is 0.000943. The number of hydrogen-bond acceptors (Lipinski definition) is 6. The van der Waals surface area contributed by atoms with Crippen LogP contribution >= 0.6 is 0 Å². The number of sulfonamides is 1. The highest BCUT2D eigenvalue weighted by Gasteiger charge is 2.16. The molecule has 0 bridgehead atoms. The number of nitrogens with two attached hydrogens (primary N) is 2. The number of hydrogen-bond donors (Lipinski definition) is 3. The molecule has 1 aliphatic rings. The maximum Gasteiger partial charge on any atom is 0.251 e. The monoisotopic (exact) mass is 451 g/mol. The summed E-state index contributed by atoms with van der Waals surface area (Å²) >= 11 is 0. The normalized spacial score (nSPS) is 13.5. The summed E-state index contributed by atoms with van der Waals surface area (Å²) < 4.78 is 22.9. The van der Waals surface area contributed by atoms with Crippen molar-refractivity contribution in [3.05, 3.63) is 76.7 Å². The second-order valence-electron chi connectivity index (χ2n) is 7.81.